The van der Waals surface area contributed by atoms with E-state index in [1.807, 2.05) is 0 Å². The monoisotopic (exact) mass is 254 g/mol. The predicted octanol–water partition coefficient (Wildman–Crippen LogP) is 3.20. The van der Waals surface area contributed by atoms with Crippen LogP contribution in [0.1, 0.15) is 23.6 Å². The average molecular weight is 255 g/mol. The van der Waals surface area contributed by atoms with Gasteiger partial charge in [-0.25, -0.2) is 0 Å². The standard InChI is InChI=1S/C12H15BrO/c1-8-4-9(2)6-11(5-8)7-12(13)10(3)14/h4-6,12H,7H2,1-3H3. The fourth-order valence-electron chi connectivity index (χ4n) is 1.54. The zero-order valence-corrected chi connectivity index (χ0v) is 10.4. The van der Waals surface area contributed by atoms with Crippen LogP contribution in [0.4, 0.5) is 0 Å². The molecule has 0 fully saturated rings. The fraction of sp³-hybridized carbons (Fsp3) is 0.417. The molecule has 0 N–H and O–H groups in total. The number of hydrogen-bond donors (Lipinski definition) is 0. The molecule has 0 aliphatic heterocycles. The first kappa shape index (κ1) is 11.4. The first-order valence-corrected chi connectivity index (χ1v) is 5.62. The van der Waals surface area contributed by atoms with Crippen molar-refractivity contribution in [3.63, 3.8) is 0 Å². The lowest BCUT2D eigenvalue weighted by Crippen LogP contribution is -2.12. The summed E-state index contributed by atoms with van der Waals surface area (Å²) in [6, 6.07) is 6.40. The largest absolute Gasteiger partial charge is 0.299 e. The molecule has 1 atom stereocenters. The number of rotatable bonds is 3. The fourth-order valence-corrected chi connectivity index (χ4v) is 1.91. The van der Waals surface area contributed by atoms with Gasteiger partial charge in [-0.3, -0.25) is 4.79 Å². The van der Waals surface area contributed by atoms with Crippen molar-refractivity contribution in [1.29, 1.82) is 0 Å². The van der Waals surface area contributed by atoms with Crippen LogP contribution in [0.5, 0.6) is 0 Å². The molecule has 0 aliphatic carbocycles. The Morgan fingerprint density at radius 2 is 1.79 bits per heavy atom. The summed E-state index contributed by atoms with van der Waals surface area (Å²) in [4.78, 5) is 11.0. The summed E-state index contributed by atoms with van der Waals surface area (Å²) in [6.45, 7) is 5.77. The number of ketones is 1. The summed E-state index contributed by atoms with van der Waals surface area (Å²) in [5.74, 6) is 0.184. The van der Waals surface area contributed by atoms with E-state index < -0.39 is 0 Å². The molecule has 14 heavy (non-hydrogen) atoms. The third kappa shape index (κ3) is 3.26. The van der Waals surface area contributed by atoms with Gasteiger partial charge in [0.2, 0.25) is 0 Å². The normalized spacial score (nSPS) is 12.6. The zero-order valence-electron chi connectivity index (χ0n) is 8.80. The number of carbonyl (C=O) groups excluding carboxylic acids is 1. The number of alkyl halides is 1. The van der Waals surface area contributed by atoms with E-state index in [0.29, 0.717) is 0 Å². The van der Waals surface area contributed by atoms with Gasteiger partial charge in [0, 0.05) is 0 Å². The lowest BCUT2D eigenvalue weighted by Gasteiger charge is -2.07. The van der Waals surface area contributed by atoms with Crippen LogP contribution in [0.25, 0.3) is 0 Å². The van der Waals surface area contributed by atoms with Crippen LogP contribution in [-0.4, -0.2) is 10.6 Å². The van der Waals surface area contributed by atoms with E-state index in [1.165, 1.54) is 16.7 Å². The van der Waals surface area contributed by atoms with Crippen molar-refractivity contribution in [2.24, 2.45) is 0 Å². The van der Waals surface area contributed by atoms with Gasteiger partial charge in [-0.1, -0.05) is 45.3 Å². The van der Waals surface area contributed by atoms with Gasteiger partial charge in [-0.05, 0) is 32.8 Å². The van der Waals surface area contributed by atoms with E-state index in [0.717, 1.165) is 6.42 Å². The molecule has 0 radical (unpaired) electrons. The highest BCUT2D eigenvalue weighted by atomic mass is 79.9. The van der Waals surface area contributed by atoms with Crippen LogP contribution in [0.15, 0.2) is 18.2 Å². The van der Waals surface area contributed by atoms with Crippen LogP contribution < -0.4 is 0 Å². The van der Waals surface area contributed by atoms with Gasteiger partial charge in [0.25, 0.3) is 0 Å². The molecular formula is C12H15BrO. The van der Waals surface area contributed by atoms with Crippen LogP contribution >= 0.6 is 15.9 Å². The molecule has 1 aromatic rings. The molecule has 1 unspecified atom stereocenters. The Morgan fingerprint density at radius 3 is 2.21 bits per heavy atom. The third-order valence-corrected chi connectivity index (χ3v) is 3.11. The van der Waals surface area contributed by atoms with Crippen molar-refractivity contribution in [2.75, 3.05) is 0 Å². The average Bonchev–Trinajstić information content (AvgIpc) is 2.01. The van der Waals surface area contributed by atoms with Crippen molar-refractivity contribution in [3.8, 4) is 0 Å². The van der Waals surface area contributed by atoms with Gasteiger partial charge in [0.15, 0.2) is 0 Å². The molecule has 1 aromatic carbocycles. The molecule has 0 bridgehead atoms. The van der Waals surface area contributed by atoms with E-state index in [4.69, 9.17) is 0 Å². The number of halogens is 1. The summed E-state index contributed by atoms with van der Waals surface area (Å²) in [5, 5.41) is 0. The van der Waals surface area contributed by atoms with Crippen molar-refractivity contribution >= 4 is 21.7 Å². The minimum absolute atomic E-state index is 0.0521. The highest BCUT2D eigenvalue weighted by molar-refractivity contribution is 9.10. The van der Waals surface area contributed by atoms with Gasteiger partial charge < -0.3 is 0 Å². The highest BCUT2D eigenvalue weighted by Crippen LogP contribution is 2.14. The Balaban J connectivity index is 2.81. The lowest BCUT2D eigenvalue weighted by molar-refractivity contribution is -0.116. The van der Waals surface area contributed by atoms with Gasteiger partial charge >= 0.3 is 0 Å². The molecule has 0 heterocycles. The Hall–Kier alpha value is -0.630. The van der Waals surface area contributed by atoms with Crippen molar-refractivity contribution in [1.82, 2.24) is 0 Å². The van der Waals surface area contributed by atoms with Crippen LogP contribution in [-0.2, 0) is 11.2 Å². The maximum Gasteiger partial charge on any atom is 0.143 e. The highest BCUT2D eigenvalue weighted by Gasteiger charge is 2.10. The van der Waals surface area contributed by atoms with Gasteiger partial charge in [-0.15, -0.1) is 0 Å². The summed E-state index contributed by atoms with van der Waals surface area (Å²) in [7, 11) is 0. The topological polar surface area (TPSA) is 17.1 Å². The second-order valence-corrected chi connectivity index (χ2v) is 4.88. The number of carbonyl (C=O) groups is 1. The van der Waals surface area contributed by atoms with Crippen molar-refractivity contribution in [2.45, 2.75) is 32.0 Å². The third-order valence-electron chi connectivity index (χ3n) is 2.14. The molecule has 0 aliphatic rings. The summed E-state index contributed by atoms with van der Waals surface area (Å²) in [6.07, 6.45) is 0.776. The Labute approximate surface area is 93.7 Å². The maximum absolute atomic E-state index is 11.1. The maximum atomic E-state index is 11.1. The number of Topliss-reactive ketones (excluding diaryl/α,β-unsaturated/α-hetero) is 1. The minimum Gasteiger partial charge on any atom is -0.299 e. The molecule has 2 heteroatoms. The first-order valence-electron chi connectivity index (χ1n) is 4.70. The number of benzene rings is 1. The summed E-state index contributed by atoms with van der Waals surface area (Å²) >= 11 is 3.38. The zero-order chi connectivity index (χ0) is 10.7. The Kier molecular flexibility index (Phi) is 3.87. The van der Waals surface area contributed by atoms with Gasteiger partial charge in [0.05, 0.1) is 4.83 Å². The van der Waals surface area contributed by atoms with Crippen LogP contribution in [0.2, 0.25) is 0 Å². The minimum atomic E-state index is -0.0521. The van der Waals surface area contributed by atoms with Crippen LogP contribution in [0.3, 0.4) is 0 Å². The molecule has 76 valence electrons. The molecular weight excluding hydrogens is 240 g/mol. The van der Waals surface area contributed by atoms with E-state index in [1.54, 1.807) is 6.92 Å². The molecule has 0 spiro atoms. The molecule has 0 saturated carbocycles. The SMILES string of the molecule is CC(=O)C(Br)Cc1cc(C)cc(C)c1. The molecule has 0 aromatic heterocycles. The molecule has 1 nitrogen and oxygen atoms in total. The lowest BCUT2D eigenvalue weighted by atomic mass is 10.0. The summed E-state index contributed by atoms with van der Waals surface area (Å²) < 4.78 is 0. The van der Waals surface area contributed by atoms with E-state index in [-0.39, 0.29) is 10.6 Å². The van der Waals surface area contributed by atoms with E-state index >= 15 is 0 Å². The van der Waals surface area contributed by atoms with Crippen molar-refractivity contribution < 1.29 is 4.79 Å². The Morgan fingerprint density at radius 1 is 1.29 bits per heavy atom. The quantitative estimate of drug-likeness (QED) is 0.758. The van der Waals surface area contributed by atoms with Gasteiger partial charge in [0.1, 0.15) is 5.78 Å². The molecule has 0 amide bonds. The van der Waals surface area contributed by atoms with Crippen molar-refractivity contribution in [3.05, 3.63) is 34.9 Å². The molecule has 1 rings (SSSR count). The Bertz CT molecular complexity index is 324. The first-order chi connectivity index (χ1) is 6.49. The van der Waals surface area contributed by atoms with E-state index in [2.05, 4.69) is 48.0 Å². The van der Waals surface area contributed by atoms with Crippen LogP contribution in [0, 0.1) is 13.8 Å². The van der Waals surface area contributed by atoms with Gasteiger partial charge in [-0.2, -0.15) is 0 Å². The second kappa shape index (κ2) is 4.74. The van der Waals surface area contributed by atoms with E-state index in [9.17, 15) is 4.79 Å². The molecule has 0 saturated heterocycles. The number of aryl methyl sites for hydroxylation is 2. The second-order valence-electron chi connectivity index (χ2n) is 3.78. The number of hydrogen-bond acceptors (Lipinski definition) is 1. The smallest absolute Gasteiger partial charge is 0.143 e. The summed E-state index contributed by atoms with van der Waals surface area (Å²) in [5.41, 5.74) is 3.73. The predicted molar refractivity (Wildman–Crippen MR) is 63.0 cm³/mol.